The van der Waals surface area contributed by atoms with Crippen LogP contribution in [0.15, 0.2) is 158 Å². The Morgan fingerprint density at radius 2 is 0.817 bits per heavy atom. The van der Waals surface area contributed by atoms with Gasteiger partial charge >= 0.3 is 5.66 Å². The molecule has 7 heteroatoms. The molecule has 0 saturated carbocycles. The molecule has 7 nitrogen and oxygen atoms in total. The third-order valence-electron chi connectivity index (χ3n) is 14.4. The lowest BCUT2D eigenvalue weighted by molar-refractivity contribution is -0.945. The van der Waals surface area contributed by atoms with Gasteiger partial charge < -0.3 is 4.74 Å². The van der Waals surface area contributed by atoms with Crippen LogP contribution in [0.25, 0.3) is 120 Å². The van der Waals surface area contributed by atoms with Crippen LogP contribution < -0.4 is 13.9 Å². The van der Waals surface area contributed by atoms with Gasteiger partial charge in [-0.25, -0.2) is 9.97 Å². The molecule has 0 N–H and O–H groups in total. The summed E-state index contributed by atoms with van der Waals surface area (Å²) in [5.74, 6) is 1.77. The van der Waals surface area contributed by atoms with Crippen LogP contribution in [0.4, 0.5) is 0 Å². The number of rotatable bonds is 0. The van der Waals surface area contributed by atoms with Gasteiger partial charge in [0.2, 0.25) is 11.0 Å². The van der Waals surface area contributed by atoms with E-state index in [1.54, 1.807) is 0 Å². The molecule has 3 aliphatic heterocycles. The molecule has 0 unspecified atom stereocenters. The Balaban J connectivity index is 1.10. The molecular weight excluding hydrogens is 737 g/mol. The second-order valence-corrected chi connectivity index (χ2v) is 16.8. The highest BCUT2D eigenvalue weighted by molar-refractivity contribution is 6.29. The molecular formula is C53H26N6O+2. The Kier molecular flexibility index (Phi) is 4.49. The number of imidazole rings is 2. The van der Waals surface area contributed by atoms with Gasteiger partial charge in [0, 0.05) is 44.5 Å². The lowest BCUT2D eigenvalue weighted by atomic mass is 9.85. The Hall–Kier alpha value is -8.16. The molecule has 8 aromatic carbocycles. The summed E-state index contributed by atoms with van der Waals surface area (Å²) < 4.78 is 17.1. The van der Waals surface area contributed by atoms with Crippen molar-refractivity contribution in [3.8, 4) is 11.5 Å². The molecule has 9 heterocycles. The first-order valence-electron chi connectivity index (χ1n) is 20.6. The number of para-hydroxylation sites is 2. The number of aromatic nitrogens is 6. The number of pyridine rings is 4. The number of ether oxygens (including phenoxy) is 1. The lowest BCUT2D eigenvalue weighted by Gasteiger charge is -2.26. The summed E-state index contributed by atoms with van der Waals surface area (Å²) in [6, 6.07) is 52.8. The van der Waals surface area contributed by atoms with Gasteiger partial charge in [-0.15, -0.1) is 9.13 Å². The molecule has 3 aliphatic rings. The van der Waals surface area contributed by atoms with Crippen LogP contribution in [-0.2, 0) is 5.66 Å². The fourth-order valence-electron chi connectivity index (χ4n) is 12.4. The van der Waals surface area contributed by atoms with Crippen molar-refractivity contribution in [1.29, 1.82) is 0 Å². The molecule has 0 fully saturated rings. The van der Waals surface area contributed by atoms with Gasteiger partial charge in [0.05, 0.1) is 43.6 Å². The fourth-order valence-corrected chi connectivity index (χ4v) is 12.4. The summed E-state index contributed by atoms with van der Waals surface area (Å²) in [6.07, 6.45) is 4.57. The van der Waals surface area contributed by atoms with E-state index in [0.717, 1.165) is 77.4 Å². The van der Waals surface area contributed by atoms with E-state index in [4.69, 9.17) is 14.7 Å². The third-order valence-corrected chi connectivity index (χ3v) is 14.4. The summed E-state index contributed by atoms with van der Waals surface area (Å²) in [5.41, 5.74) is 12.5. The van der Waals surface area contributed by atoms with E-state index in [2.05, 4.69) is 176 Å². The van der Waals surface area contributed by atoms with Gasteiger partial charge in [-0.05, 0) is 59.3 Å². The molecule has 0 bridgehead atoms. The molecule has 0 saturated heterocycles. The number of hydrogen-bond acceptors (Lipinski definition) is 3. The average Bonchev–Trinajstić information content (AvgIpc) is 4.07. The minimum absolute atomic E-state index is 0.742. The van der Waals surface area contributed by atoms with Crippen molar-refractivity contribution in [3.05, 3.63) is 169 Å². The highest BCUT2D eigenvalue weighted by Crippen LogP contribution is 2.59. The summed E-state index contributed by atoms with van der Waals surface area (Å²) >= 11 is 0. The van der Waals surface area contributed by atoms with Gasteiger partial charge in [-0.1, -0.05) is 84.9 Å². The molecule has 272 valence electrons. The molecule has 0 amide bonds. The van der Waals surface area contributed by atoms with Gasteiger partial charge in [0.25, 0.3) is 0 Å². The van der Waals surface area contributed by atoms with E-state index < -0.39 is 5.66 Å². The summed E-state index contributed by atoms with van der Waals surface area (Å²) in [6.45, 7) is 0. The maximum atomic E-state index is 7.15. The van der Waals surface area contributed by atoms with Crippen molar-refractivity contribution in [2.45, 2.75) is 5.66 Å². The minimum atomic E-state index is -0.742. The number of hydrogen-bond donors (Lipinski definition) is 0. The van der Waals surface area contributed by atoms with Gasteiger partial charge in [-0.3, -0.25) is 8.80 Å². The SMILES string of the molecule is c1ccc2c(c1)c1ccccc1n1c2nc2c3ccc[n+]4c3c3c5c(ccc3c21)Oc1ccc2c3c1C54[n+]1cccc(c4nc5c6ccccc6c6ccccc6n5c24)c31. The Bertz CT molecular complexity index is 4230. The summed E-state index contributed by atoms with van der Waals surface area (Å²) in [7, 11) is 0. The van der Waals surface area contributed by atoms with Crippen LogP contribution in [0.2, 0.25) is 0 Å². The van der Waals surface area contributed by atoms with Gasteiger partial charge in [0.15, 0.2) is 23.5 Å². The first kappa shape index (κ1) is 29.1. The predicted molar refractivity (Wildman–Crippen MR) is 237 cm³/mol. The zero-order valence-corrected chi connectivity index (χ0v) is 31.6. The highest BCUT2D eigenvalue weighted by Gasteiger charge is 2.69. The van der Waals surface area contributed by atoms with Crippen molar-refractivity contribution in [3.63, 3.8) is 0 Å². The monoisotopic (exact) mass is 762 g/mol. The Labute approximate surface area is 337 Å². The zero-order valence-electron chi connectivity index (χ0n) is 31.6. The normalized spacial score (nSPS) is 14.6. The van der Waals surface area contributed by atoms with Crippen LogP contribution in [0.1, 0.15) is 11.1 Å². The standard InChI is InChI=1S/C53H26N6O/c1-3-15-31-27(11-1)29-13-5-7-19-37(29)58-49-33-21-23-39-43-41(33)47-35(45(49)54-51(31)58)17-9-25-56(47)53(43)44-40(60-39)24-22-34-42(44)48-36(18-10-26-57(48)53)46-50(34)59-38-20-8-6-14-30(38)28-12-2-4-16-32(28)52(59)55-46/h1-26H/q+2. The quantitative estimate of drug-likeness (QED) is 0.114. The smallest absolute Gasteiger partial charge is 0.425 e. The van der Waals surface area contributed by atoms with E-state index in [1.165, 1.54) is 65.3 Å². The van der Waals surface area contributed by atoms with Crippen molar-refractivity contribution >= 4 is 120 Å². The van der Waals surface area contributed by atoms with E-state index >= 15 is 0 Å². The fraction of sp³-hybridized carbons (Fsp3) is 0.0189. The van der Waals surface area contributed by atoms with E-state index in [-0.39, 0.29) is 0 Å². The third kappa shape index (κ3) is 2.81. The second-order valence-electron chi connectivity index (χ2n) is 16.8. The second kappa shape index (κ2) is 9.25. The largest absolute Gasteiger partial charge is 0.456 e. The van der Waals surface area contributed by atoms with Crippen LogP contribution in [0.3, 0.4) is 0 Å². The molecule has 17 rings (SSSR count). The molecule has 0 atom stereocenters. The number of fused-ring (bicyclic) bond motifs is 20. The van der Waals surface area contributed by atoms with Gasteiger partial charge in [0.1, 0.15) is 33.8 Å². The maximum absolute atomic E-state index is 7.15. The topological polar surface area (TPSA) is 51.6 Å². The zero-order chi connectivity index (χ0) is 38.3. The number of nitrogens with zero attached hydrogens (tertiary/aromatic N) is 6. The molecule has 60 heavy (non-hydrogen) atoms. The van der Waals surface area contributed by atoms with Crippen molar-refractivity contribution in [2.24, 2.45) is 0 Å². The summed E-state index contributed by atoms with van der Waals surface area (Å²) in [4.78, 5) is 11.2. The Morgan fingerprint density at radius 3 is 1.30 bits per heavy atom. The van der Waals surface area contributed by atoms with E-state index in [9.17, 15) is 0 Å². The first-order chi connectivity index (χ1) is 29.8. The van der Waals surface area contributed by atoms with E-state index in [1.807, 2.05) is 0 Å². The van der Waals surface area contributed by atoms with E-state index in [0.29, 0.717) is 0 Å². The van der Waals surface area contributed by atoms with Crippen molar-refractivity contribution < 1.29 is 13.9 Å². The van der Waals surface area contributed by atoms with Crippen LogP contribution in [0.5, 0.6) is 11.5 Å². The number of benzene rings is 8. The van der Waals surface area contributed by atoms with Crippen molar-refractivity contribution in [1.82, 2.24) is 18.8 Å². The average molecular weight is 763 g/mol. The molecule has 0 aliphatic carbocycles. The highest BCUT2D eigenvalue weighted by atomic mass is 16.5. The first-order valence-corrected chi connectivity index (χ1v) is 20.6. The lowest BCUT2D eigenvalue weighted by Crippen LogP contribution is -2.72. The van der Waals surface area contributed by atoms with Gasteiger partial charge in [-0.2, -0.15) is 0 Å². The van der Waals surface area contributed by atoms with Crippen LogP contribution >= 0.6 is 0 Å². The maximum Gasteiger partial charge on any atom is 0.425 e. The molecule has 6 aromatic heterocycles. The van der Waals surface area contributed by atoms with Crippen LogP contribution in [0, 0.1) is 0 Å². The predicted octanol–water partition coefficient (Wildman–Crippen LogP) is 11.1. The molecule has 0 radical (unpaired) electrons. The summed E-state index contributed by atoms with van der Waals surface area (Å²) in [5, 5.41) is 14.2. The molecule has 1 spiro atoms. The van der Waals surface area contributed by atoms with Crippen molar-refractivity contribution in [2.75, 3.05) is 0 Å². The van der Waals surface area contributed by atoms with Crippen LogP contribution in [-0.4, -0.2) is 18.8 Å². The Morgan fingerprint density at radius 1 is 0.400 bits per heavy atom. The molecule has 14 aromatic rings. The minimum Gasteiger partial charge on any atom is -0.456 e.